The van der Waals surface area contributed by atoms with Crippen LogP contribution in [0.5, 0.6) is 5.75 Å². The van der Waals surface area contributed by atoms with Crippen molar-refractivity contribution in [3.63, 3.8) is 0 Å². The average molecular weight is 370 g/mol. The zero-order valence-electron chi connectivity index (χ0n) is 15.7. The van der Waals surface area contributed by atoms with E-state index in [1.807, 2.05) is 6.92 Å². The Morgan fingerprint density at radius 2 is 1.63 bits per heavy atom. The topological polar surface area (TPSA) is 84.9 Å². The van der Waals surface area contributed by atoms with Gasteiger partial charge in [-0.15, -0.1) is 0 Å². The van der Waals surface area contributed by atoms with Gasteiger partial charge in [0.1, 0.15) is 5.75 Å². The molecule has 2 rings (SSSR count). The first-order valence-corrected chi connectivity index (χ1v) is 8.25. The lowest BCUT2D eigenvalue weighted by Gasteiger charge is -2.11. The summed E-state index contributed by atoms with van der Waals surface area (Å²) in [4.78, 5) is 37.3. The molecule has 7 heteroatoms. The number of ether oxygens (including phenoxy) is 2. The van der Waals surface area contributed by atoms with E-state index in [0.29, 0.717) is 22.6 Å². The van der Waals surface area contributed by atoms with Gasteiger partial charge < -0.3 is 19.7 Å². The van der Waals surface area contributed by atoms with Gasteiger partial charge in [-0.1, -0.05) is 6.07 Å². The van der Waals surface area contributed by atoms with E-state index < -0.39 is 18.5 Å². The zero-order chi connectivity index (χ0) is 20.0. The second-order valence-corrected chi connectivity index (χ2v) is 6.09. The van der Waals surface area contributed by atoms with Crippen LogP contribution in [0, 0.1) is 6.92 Å². The molecule has 2 aromatic rings. The number of nitrogens with zero attached hydrogens (tertiary/aromatic N) is 1. The summed E-state index contributed by atoms with van der Waals surface area (Å²) < 4.78 is 10.2. The molecule has 0 saturated carbocycles. The van der Waals surface area contributed by atoms with Crippen LogP contribution < -0.4 is 10.1 Å². The van der Waals surface area contributed by atoms with Crippen molar-refractivity contribution >= 4 is 23.5 Å². The molecule has 0 unspecified atom stereocenters. The van der Waals surface area contributed by atoms with Crippen molar-refractivity contribution in [1.29, 1.82) is 0 Å². The zero-order valence-corrected chi connectivity index (χ0v) is 15.7. The maximum absolute atomic E-state index is 12.1. The molecule has 0 aliphatic heterocycles. The van der Waals surface area contributed by atoms with Gasteiger partial charge in [-0.25, -0.2) is 4.79 Å². The van der Waals surface area contributed by atoms with Crippen LogP contribution in [0.4, 0.5) is 5.69 Å². The van der Waals surface area contributed by atoms with E-state index in [0.717, 1.165) is 5.56 Å². The fourth-order valence-corrected chi connectivity index (χ4v) is 2.31. The van der Waals surface area contributed by atoms with E-state index in [-0.39, 0.29) is 5.91 Å². The normalized spacial score (nSPS) is 10.1. The number of rotatable bonds is 6. The summed E-state index contributed by atoms with van der Waals surface area (Å²) in [6.07, 6.45) is 0. The summed E-state index contributed by atoms with van der Waals surface area (Å²) in [5.41, 5.74) is 2.21. The van der Waals surface area contributed by atoms with Crippen LogP contribution in [-0.2, 0) is 9.53 Å². The molecule has 0 spiro atoms. The number of esters is 1. The summed E-state index contributed by atoms with van der Waals surface area (Å²) in [6.45, 7) is 1.44. The SMILES string of the molecule is COc1cc(C(=O)OCC(=O)Nc2ccc(C(=O)N(C)C)cc2)ccc1C. The van der Waals surface area contributed by atoms with Gasteiger partial charge >= 0.3 is 5.97 Å². The van der Waals surface area contributed by atoms with Crippen LogP contribution in [-0.4, -0.2) is 50.5 Å². The monoisotopic (exact) mass is 370 g/mol. The standard InChI is InChI=1S/C20H22N2O5/c1-13-5-6-15(11-17(13)26-4)20(25)27-12-18(23)21-16-9-7-14(8-10-16)19(24)22(2)3/h5-11H,12H2,1-4H3,(H,21,23). The second kappa shape index (κ2) is 8.84. The Kier molecular flexibility index (Phi) is 6.54. The first-order valence-electron chi connectivity index (χ1n) is 8.25. The number of anilines is 1. The quantitative estimate of drug-likeness (QED) is 0.790. The Bertz CT molecular complexity index is 844. The summed E-state index contributed by atoms with van der Waals surface area (Å²) in [6, 6.07) is 11.4. The highest BCUT2D eigenvalue weighted by Gasteiger charge is 2.13. The Hall–Kier alpha value is -3.35. The fourth-order valence-electron chi connectivity index (χ4n) is 2.31. The van der Waals surface area contributed by atoms with Crippen molar-refractivity contribution < 1.29 is 23.9 Å². The Balaban J connectivity index is 1.90. The third-order valence-corrected chi connectivity index (χ3v) is 3.80. The van der Waals surface area contributed by atoms with Gasteiger partial charge in [0.15, 0.2) is 6.61 Å². The third-order valence-electron chi connectivity index (χ3n) is 3.80. The molecular formula is C20H22N2O5. The first kappa shape index (κ1) is 20.0. The molecule has 0 atom stereocenters. The van der Waals surface area contributed by atoms with E-state index >= 15 is 0 Å². The number of amides is 2. The minimum atomic E-state index is -0.615. The largest absolute Gasteiger partial charge is 0.496 e. The number of methoxy groups -OCH3 is 1. The molecule has 0 heterocycles. The van der Waals surface area contributed by atoms with E-state index in [4.69, 9.17) is 9.47 Å². The van der Waals surface area contributed by atoms with Crippen LogP contribution in [0.15, 0.2) is 42.5 Å². The molecule has 142 valence electrons. The lowest BCUT2D eigenvalue weighted by atomic mass is 10.1. The van der Waals surface area contributed by atoms with Crippen molar-refractivity contribution in [3.05, 3.63) is 59.2 Å². The van der Waals surface area contributed by atoms with Gasteiger partial charge in [0, 0.05) is 25.3 Å². The molecule has 7 nitrogen and oxygen atoms in total. The number of aryl methyl sites for hydroxylation is 1. The number of benzene rings is 2. The Morgan fingerprint density at radius 1 is 1.00 bits per heavy atom. The Morgan fingerprint density at radius 3 is 2.22 bits per heavy atom. The van der Waals surface area contributed by atoms with E-state index in [2.05, 4.69) is 5.32 Å². The molecule has 0 fully saturated rings. The molecule has 0 aromatic heterocycles. The van der Waals surface area contributed by atoms with Crippen molar-refractivity contribution in [2.75, 3.05) is 33.1 Å². The van der Waals surface area contributed by atoms with E-state index in [9.17, 15) is 14.4 Å². The van der Waals surface area contributed by atoms with Crippen LogP contribution in [0.3, 0.4) is 0 Å². The lowest BCUT2D eigenvalue weighted by molar-refractivity contribution is -0.119. The van der Waals surface area contributed by atoms with Crippen molar-refractivity contribution in [3.8, 4) is 5.75 Å². The molecule has 27 heavy (non-hydrogen) atoms. The van der Waals surface area contributed by atoms with Gasteiger partial charge in [-0.2, -0.15) is 0 Å². The first-order chi connectivity index (χ1) is 12.8. The van der Waals surface area contributed by atoms with Crippen molar-refractivity contribution in [1.82, 2.24) is 4.90 Å². The molecular weight excluding hydrogens is 348 g/mol. The van der Waals surface area contributed by atoms with E-state index in [1.54, 1.807) is 56.6 Å². The number of nitrogens with one attached hydrogen (secondary N) is 1. The summed E-state index contributed by atoms with van der Waals surface area (Å²) in [5.74, 6) is -0.652. The molecule has 0 radical (unpaired) electrons. The predicted octanol–water partition coefficient (Wildman–Crippen LogP) is 2.50. The minimum Gasteiger partial charge on any atom is -0.496 e. The van der Waals surface area contributed by atoms with Crippen LogP contribution in [0.2, 0.25) is 0 Å². The predicted molar refractivity (Wildman–Crippen MR) is 101 cm³/mol. The minimum absolute atomic E-state index is 0.129. The van der Waals surface area contributed by atoms with Gasteiger partial charge in [0.2, 0.25) is 0 Å². The summed E-state index contributed by atoms with van der Waals surface area (Å²) >= 11 is 0. The van der Waals surface area contributed by atoms with Crippen LogP contribution in [0.1, 0.15) is 26.3 Å². The Labute approximate surface area is 157 Å². The number of hydrogen-bond donors (Lipinski definition) is 1. The molecule has 0 aliphatic carbocycles. The molecule has 0 aliphatic rings. The smallest absolute Gasteiger partial charge is 0.338 e. The van der Waals surface area contributed by atoms with Crippen LogP contribution >= 0.6 is 0 Å². The van der Waals surface area contributed by atoms with Gasteiger partial charge in [-0.05, 0) is 48.9 Å². The van der Waals surface area contributed by atoms with Crippen molar-refractivity contribution in [2.45, 2.75) is 6.92 Å². The van der Waals surface area contributed by atoms with E-state index in [1.165, 1.54) is 12.0 Å². The second-order valence-electron chi connectivity index (χ2n) is 6.09. The number of hydrogen-bond acceptors (Lipinski definition) is 5. The highest BCUT2D eigenvalue weighted by atomic mass is 16.5. The van der Waals surface area contributed by atoms with Crippen molar-refractivity contribution in [2.24, 2.45) is 0 Å². The molecule has 2 aromatic carbocycles. The lowest BCUT2D eigenvalue weighted by Crippen LogP contribution is -2.22. The highest BCUT2D eigenvalue weighted by molar-refractivity contribution is 5.97. The fraction of sp³-hybridized carbons (Fsp3) is 0.250. The molecule has 0 bridgehead atoms. The summed E-state index contributed by atoms with van der Waals surface area (Å²) in [7, 11) is 4.84. The van der Waals surface area contributed by atoms with Gasteiger partial charge in [0.25, 0.3) is 11.8 Å². The number of carbonyl (C=O) groups is 3. The molecule has 2 amide bonds. The molecule has 1 N–H and O–H groups in total. The van der Waals surface area contributed by atoms with Gasteiger partial charge in [-0.3, -0.25) is 9.59 Å². The average Bonchev–Trinajstić information content (AvgIpc) is 2.66. The van der Waals surface area contributed by atoms with Gasteiger partial charge in [0.05, 0.1) is 12.7 Å². The maximum Gasteiger partial charge on any atom is 0.338 e. The highest BCUT2D eigenvalue weighted by Crippen LogP contribution is 2.19. The number of carbonyl (C=O) groups excluding carboxylic acids is 3. The maximum atomic E-state index is 12.1. The molecule has 0 saturated heterocycles. The third kappa shape index (κ3) is 5.31. The summed E-state index contributed by atoms with van der Waals surface area (Å²) in [5, 5.41) is 2.61. The van der Waals surface area contributed by atoms with Crippen LogP contribution in [0.25, 0.3) is 0 Å².